The van der Waals surface area contributed by atoms with Crippen molar-refractivity contribution in [3.05, 3.63) is 17.0 Å². The summed E-state index contributed by atoms with van der Waals surface area (Å²) in [5.41, 5.74) is 0. The maximum atomic E-state index is 11.9. The van der Waals surface area contributed by atoms with Crippen molar-refractivity contribution in [2.75, 3.05) is 26.8 Å². The number of rotatable bonds is 9. The van der Waals surface area contributed by atoms with E-state index in [1.807, 2.05) is 0 Å². The molecule has 0 spiro atoms. The van der Waals surface area contributed by atoms with Gasteiger partial charge in [0.05, 0.1) is 6.61 Å². The number of carboxylic acid groups (broad SMARTS) is 1. The summed E-state index contributed by atoms with van der Waals surface area (Å²) in [5, 5.41) is 11.3. The third-order valence-electron chi connectivity index (χ3n) is 2.33. The lowest BCUT2D eigenvalue weighted by molar-refractivity contribution is -0.121. The van der Waals surface area contributed by atoms with Crippen LogP contribution in [0.15, 0.2) is 16.3 Å². The van der Waals surface area contributed by atoms with Crippen LogP contribution in [-0.2, 0) is 19.6 Å². The molecule has 0 aliphatic carbocycles. The van der Waals surface area contributed by atoms with Gasteiger partial charge in [0.2, 0.25) is 15.9 Å². The molecule has 0 unspecified atom stereocenters. The van der Waals surface area contributed by atoms with Gasteiger partial charge in [0.25, 0.3) is 0 Å². The quantitative estimate of drug-likeness (QED) is 0.540. The van der Waals surface area contributed by atoms with Crippen molar-refractivity contribution in [2.24, 2.45) is 0 Å². The highest BCUT2D eigenvalue weighted by molar-refractivity contribution is 7.91. The van der Waals surface area contributed by atoms with Gasteiger partial charge in [0.15, 0.2) is 0 Å². The summed E-state index contributed by atoms with van der Waals surface area (Å²) in [6, 6.07) is 2.44. The van der Waals surface area contributed by atoms with Gasteiger partial charge in [0, 0.05) is 26.6 Å². The number of carbonyl (C=O) groups excluding carboxylic acids is 1. The molecule has 0 aliphatic heterocycles. The Morgan fingerprint density at radius 2 is 2.05 bits per heavy atom. The number of hydrogen-bond donors (Lipinski definition) is 3. The third kappa shape index (κ3) is 5.79. The van der Waals surface area contributed by atoms with E-state index < -0.39 is 16.0 Å². The molecule has 1 aromatic heterocycles. The molecule has 10 heteroatoms. The smallest absolute Gasteiger partial charge is 0.345 e. The number of amides is 1. The van der Waals surface area contributed by atoms with E-state index in [4.69, 9.17) is 9.84 Å². The standard InChI is InChI=1S/C11H16N2O6S2/c1-19-7-6-12-9(14)4-5-13-21(17,18)10-3-2-8(20-10)11(15)16/h2-3,13H,4-7H2,1H3,(H,12,14)(H,15,16). The number of carboxylic acids is 1. The van der Waals surface area contributed by atoms with Crippen LogP contribution in [0.5, 0.6) is 0 Å². The minimum absolute atomic E-state index is 0.0138. The molecule has 1 heterocycles. The number of sulfonamides is 1. The molecule has 0 radical (unpaired) electrons. The molecule has 0 aromatic carbocycles. The largest absolute Gasteiger partial charge is 0.477 e. The molecule has 0 aliphatic rings. The van der Waals surface area contributed by atoms with Gasteiger partial charge in [0.1, 0.15) is 9.09 Å². The van der Waals surface area contributed by atoms with E-state index in [1.165, 1.54) is 19.2 Å². The SMILES string of the molecule is COCCNC(=O)CCNS(=O)(=O)c1ccc(C(=O)O)s1. The number of hydrogen-bond acceptors (Lipinski definition) is 6. The zero-order valence-electron chi connectivity index (χ0n) is 11.3. The van der Waals surface area contributed by atoms with Crippen molar-refractivity contribution in [3.8, 4) is 0 Å². The van der Waals surface area contributed by atoms with E-state index in [0.29, 0.717) is 24.5 Å². The Bertz CT molecular complexity index is 596. The van der Waals surface area contributed by atoms with Gasteiger partial charge in [-0.05, 0) is 12.1 Å². The first kappa shape index (κ1) is 17.6. The van der Waals surface area contributed by atoms with Gasteiger partial charge in [-0.3, -0.25) is 4.79 Å². The zero-order chi connectivity index (χ0) is 15.9. The van der Waals surface area contributed by atoms with Crippen LogP contribution in [0.4, 0.5) is 0 Å². The first-order chi connectivity index (χ1) is 9.86. The first-order valence-electron chi connectivity index (χ1n) is 5.95. The van der Waals surface area contributed by atoms with Gasteiger partial charge in [-0.1, -0.05) is 0 Å². The first-order valence-corrected chi connectivity index (χ1v) is 8.25. The van der Waals surface area contributed by atoms with Crippen molar-refractivity contribution in [3.63, 3.8) is 0 Å². The van der Waals surface area contributed by atoms with Gasteiger partial charge in [-0.2, -0.15) is 0 Å². The van der Waals surface area contributed by atoms with Gasteiger partial charge in [-0.25, -0.2) is 17.9 Å². The summed E-state index contributed by atoms with van der Waals surface area (Å²) in [5.74, 6) is -1.48. The van der Waals surface area contributed by atoms with E-state index in [1.54, 1.807) is 0 Å². The molecule has 0 saturated heterocycles. The lowest BCUT2D eigenvalue weighted by Crippen LogP contribution is -2.32. The molecule has 8 nitrogen and oxygen atoms in total. The average molecular weight is 336 g/mol. The van der Waals surface area contributed by atoms with Crippen LogP contribution in [0, 0.1) is 0 Å². The van der Waals surface area contributed by atoms with E-state index in [9.17, 15) is 18.0 Å². The molecule has 0 fully saturated rings. The summed E-state index contributed by atoms with van der Waals surface area (Å²) in [7, 11) is -2.29. The van der Waals surface area contributed by atoms with Crippen LogP contribution in [-0.4, -0.2) is 52.2 Å². The monoisotopic (exact) mass is 336 g/mol. The van der Waals surface area contributed by atoms with Crippen molar-refractivity contribution in [2.45, 2.75) is 10.6 Å². The molecule has 0 saturated carbocycles. The number of aromatic carboxylic acids is 1. The average Bonchev–Trinajstić information content (AvgIpc) is 2.89. The van der Waals surface area contributed by atoms with Crippen LogP contribution in [0.25, 0.3) is 0 Å². The van der Waals surface area contributed by atoms with Crippen molar-refractivity contribution >= 4 is 33.2 Å². The molecular weight excluding hydrogens is 320 g/mol. The third-order valence-corrected chi connectivity index (χ3v) is 5.36. The summed E-state index contributed by atoms with van der Waals surface area (Å²) in [6.45, 7) is 0.668. The highest BCUT2D eigenvalue weighted by Crippen LogP contribution is 2.21. The molecule has 1 amide bonds. The number of thiophene rings is 1. The molecule has 0 bridgehead atoms. The van der Waals surface area contributed by atoms with E-state index >= 15 is 0 Å². The fourth-order valence-corrected chi connectivity index (χ4v) is 3.55. The van der Waals surface area contributed by atoms with Gasteiger partial charge in [-0.15, -0.1) is 11.3 Å². The lowest BCUT2D eigenvalue weighted by Gasteiger charge is -2.06. The normalized spacial score (nSPS) is 11.3. The summed E-state index contributed by atoms with van der Waals surface area (Å²) in [6.07, 6.45) is -0.0138. The topological polar surface area (TPSA) is 122 Å². The van der Waals surface area contributed by atoms with Crippen molar-refractivity contribution < 1.29 is 27.9 Å². The Morgan fingerprint density at radius 1 is 1.33 bits per heavy atom. The fourth-order valence-electron chi connectivity index (χ4n) is 1.33. The second-order valence-corrected chi connectivity index (χ2v) is 6.99. The lowest BCUT2D eigenvalue weighted by atomic mass is 10.4. The molecular formula is C11H16N2O6S2. The summed E-state index contributed by atoms with van der Waals surface area (Å²) < 4.78 is 30.6. The van der Waals surface area contributed by atoms with Crippen LogP contribution < -0.4 is 10.0 Å². The van der Waals surface area contributed by atoms with Crippen LogP contribution >= 0.6 is 11.3 Å². The Balaban J connectivity index is 2.46. The number of ether oxygens (including phenoxy) is 1. The number of carbonyl (C=O) groups is 2. The molecule has 21 heavy (non-hydrogen) atoms. The molecule has 3 N–H and O–H groups in total. The Kier molecular flexibility index (Phi) is 6.75. The number of methoxy groups -OCH3 is 1. The highest BCUT2D eigenvalue weighted by atomic mass is 32.2. The van der Waals surface area contributed by atoms with Crippen molar-refractivity contribution in [1.82, 2.24) is 10.0 Å². The summed E-state index contributed by atoms with van der Waals surface area (Å²) >= 11 is 0.657. The zero-order valence-corrected chi connectivity index (χ0v) is 12.9. The van der Waals surface area contributed by atoms with Crippen LogP contribution in [0.1, 0.15) is 16.1 Å². The Labute approximate surface area is 126 Å². The molecule has 1 aromatic rings. The van der Waals surface area contributed by atoms with Crippen LogP contribution in [0.3, 0.4) is 0 Å². The minimum atomic E-state index is -3.79. The maximum absolute atomic E-state index is 11.9. The molecule has 0 atom stereocenters. The Morgan fingerprint density at radius 3 is 2.62 bits per heavy atom. The van der Waals surface area contributed by atoms with E-state index in [2.05, 4.69) is 10.0 Å². The summed E-state index contributed by atoms with van der Waals surface area (Å²) in [4.78, 5) is 22.0. The predicted molar refractivity (Wildman–Crippen MR) is 76.0 cm³/mol. The van der Waals surface area contributed by atoms with E-state index in [0.717, 1.165) is 0 Å². The van der Waals surface area contributed by atoms with E-state index in [-0.39, 0.29) is 28.0 Å². The van der Waals surface area contributed by atoms with Crippen molar-refractivity contribution in [1.29, 1.82) is 0 Å². The predicted octanol–water partition coefficient (Wildman–Crippen LogP) is -0.123. The maximum Gasteiger partial charge on any atom is 0.345 e. The highest BCUT2D eigenvalue weighted by Gasteiger charge is 2.18. The van der Waals surface area contributed by atoms with Gasteiger partial charge >= 0.3 is 5.97 Å². The molecule has 118 valence electrons. The second kappa shape index (κ2) is 8.08. The second-order valence-electron chi connectivity index (χ2n) is 3.91. The molecule has 1 rings (SSSR count). The Hall–Kier alpha value is -1.49. The number of nitrogens with one attached hydrogen (secondary N) is 2. The van der Waals surface area contributed by atoms with Crippen LogP contribution in [0.2, 0.25) is 0 Å². The fraction of sp³-hybridized carbons (Fsp3) is 0.455. The van der Waals surface area contributed by atoms with Gasteiger partial charge < -0.3 is 15.2 Å². The minimum Gasteiger partial charge on any atom is -0.477 e.